The molecule has 0 saturated heterocycles. The molecule has 1 aliphatic carbocycles. The molecule has 0 aliphatic heterocycles. The summed E-state index contributed by atoms with van der Waals surface area (Å²) in [4.78, 5) is 10.6. The van der Waals surface area contributed by atoms with Crippen LogP contribution in [0.5, 0.6) is 0 Å². The van der Waals surface area contributed by atoms with Crippen molar-refractivity contribution in [1.29, 1.82) is 0 Å². The van der Waals surface area contributed by atoms with Crippen molar-refractivity contribution in [2.45, 2.75) is 24.8 Å². The number of methoxy groups -OCH3 is 1. The molecule has 1 aromatic heterocycles. The second-order valence-corrected chi connectivity index (χ2v) is 7.70. The Labute approximate surface area is 166 Å². The number of alkyl halides is 1. The number of rotatable bonds is 4. The number of aromatic nitrogens is 1. The fourth-order valence-corrected chi connectivity index (χ4v) is 4.46. The first-order chi connectivity index (χ1) is 13.4. The molecule has 1 N–H and O–H groups in total. The van der Waals surface area contributed by atoms with Gasteiger partial charge in [0.25, 0.3) is 0 Å². The Morgan fingerprint density at radius 1 is 1.25 bits per heavy atom. The van der Waals surface area contributed by atoms with Crippen LogP contribution in [0.2, 0.25) is 0 Å². The number of aliphatic carboxylic acids is 1. The number of fused-ring (bicyclic) bond motifs is 3. The SMILES string of the molecule is COC1=C(C)CC(Cl)(C(=O)O)c2c1n(Cc1ccc(F)cc1)c1ccccc21. The predicted octanol–water partition coefficient (Wildman–Crippen LogP) is 5.13. The number of ether oxygens (including phenoxy) is 1. The quantitative estimate of drug-likeness (QED) is 0.619. The fourth-order valence-electron chi connectivity index (χ4n) is 4.07. The highest BCUT2D eigenvalue weighted by molar-refractivity contribution is 6.35. The van der Waals surface area contributed by atoms with Gasteiger partial charge in [0.1, 0.15) is 11.6 Å². The van der Waals surface area contributed by atoms with Crippen molar-refractivity contribution in [3.8, 4) is 0 Å². The van der Waals surface area contributed by atoms with E-state index in [0.29, 0.717) is 23.6 Å². The minimum Gasteiger partial charge on any atom is -0.495 e. The molecule has 0 radical (unpaired) electrons. The number of nitrogens with zero attached hydrogens (tertiary/aromatic N) is 1. The molecule has 0 saturated carbocycles. The molecule has 4 rings (SSSR count). The smallest absolute Gasteiger partial charge is 0.329 e. The lowest BCUT2D eigenvalue weighted by Gasteiger charge is -2.31. The van der Waals surface area contributed by atoms with E-state index in [9.17, 15) is 14.3 Å². The Morgan fingerprint density at radius 3 is 2.57 bits per heavy atom. The van der Waals surface area contributed by atoms with Gasteiger partial charge in [0.05, 0.1) is 12.8 Å². The van der Waals surface area contributed by atoms with Crippen molar-refractivity contribution in [2.24, 2.45) is 0 Å². The largest absolute Gasteiger partial charge is 0.495 e. The van der Waals surface area contributed by atoms with E-state index in [2.05, 4.69) is 0 Å². The number of allylic oxidation sites excluding steroid dienone is 1. The van der Waals surface area contributed by atoms with E-state index in [1.54, 1.807) is 19.2 Å². The number of hydrogen-bond donors (Lipinski definition) is 1. The molecule has 6 heteroatoms. The molecule has 1 heterocycles. The molecule has 3 aromatic rings. The van der Waals surface area contributed by atoms with Crippen molar-refractivity contribution in [3.63, 3.8) is 0 Å². The van der Waals surface area contributed by atoms with Crippen molar-refractivity contribution < 1.29 is 19.0 Å². The van der Waals surface area contributed by atoms with Crippen LogP contribution in [0.1, 0.15) is 30.2 Å². The highest BCUT2D eigenvalue weighted by atomic mass is 35.5. The van der Waals surface area contributed by atoms with Gasteiger partial charge in [-0.15, -0.1) is 11.6 Å². The van der Waals surface area contributed by atoms with Gasteiger partial charge in [0.15, 0.2) is 4.87 Å². The second-order valence-electron chi connectivity index (χ2n) is 7.05. The summed E-state index contributed by atoms with van der Waals surface area (Å²) in [6.07, 6.45) is 0.157. The molecule has 1 aliphatic rings. The summed E-state index contributed by atoms with van der Waals surface area (Å²) in [5.74, 6) is -0.762. The van der Waals surface area contributed by atoms with E-state index in [4.69, 9.17) is 16.3 Å². The minimum atomic E-state index is -1.57. The van der Waals surface area contributed by atoms with Gasteiger partial charge < -0.3 is 14.4 Å². The number of para-hydroxylation sites is 1. The van der Waals surface area contributed by atoms with Gasteiger partial charge in [0.2, 0.25) is 0 Å². The van der Waals surface area contributed by atoms with Crippen molar-refractivity contribution in [2.75, 3.05) is 7.11 Å². The number of halogens is 2. The van der Waals surface area contributed by atoms with Crippen LogP contribution in [0.15, 0.2) is 54.1 Å². The molecule has 4 nitrogen and oxygen atoms in total. The van der Waals surface area contributed by atoms with Crippen LogP contribution < -0.4 is 0 Å². The van der Waals surface area contributed by atoms with Gasteiger partial charge in [-0.1, -0.05) is 30.3 Å². The van der Waals surface area contributed by atoms with E-state index in [1.165, 1.54) is 12.1 Å². The summed E-state index contributed by atoms with van der Waals surface area (Å²) >= 11 is 6.72. The molecule has 1 atom stereocenters. The normalized spacial score (nSPS) is 19.0. The maximum absolute atomic E-state index is 13.3. The van der Waals surface area contributed by atoms with Crippen LogP contribution in [0.4, 0.5) is 4.39 Å². The first-order valence-electron chi connectivity index (χ1n) is 8.89. The van der Waals surface area contributed by atoms with Gasteiger partial charge in [0, 0.05) is 29.4 Å². The monoisotopic (exact) mass is 399 g/mol. The lowest BCUT2D eigenvalue weighted by atomic mass is 9.83. The standard InChI is InChI=1S/C22H19ClFNO3/c1-13-11-22(23,21(26)27)18-16-5-3-4-6-17(16)25(19(18)20(13)28-2)12-14-7-9-15(24)10-8-14/h3-10H,11-12H2,1-2H3,(H,26,27). The van der Waals surface area contributed by atoms with E-state index < -0.39 is 10.8 Å². The van der Waals surface area contributed by atoms with Gasteiger partial charge in [-0.3, -0.25) is 0 Å². The summed E-state index contributed by atoms with van der Waals surface area (Å²) in [6, 6.07) is 13.8. The van der Waals surface area contributed by atoms with E-state index >= 15 is 0 Å². The van der Waals surface area contributed by atoms with E-state index in [-0.39, 0.29) is 12.2 Å². The van der Waals surface area contributed by atoms with Gasteiger partial charge in [-0.05, 0) is 36.3 Å². The summed E-state index contributed by atoms with van der Waals surface area (Å²) in [7, 11) is 1.57. The molecule has 2 aromatic carbocycles. The Balaban J connectivity index is 2.05. The third-order valence-electron chi connectivity index (χ3n) is 5.28. The average molecular weight is 400 g/mol. The van der Waals surface area contributed by atoms with Crippen LogP contribution in [0, 0.1) is 5.82 Å². The highest BCUT2D eigenvalue weighted by Gasteiger charge is 2.47. The van der Waals surface area contributed by atoms with Gasteiger partial charge in [-0.2, -0.15) is 0 Å². The Kier molecular flexibility index (Phi) is 4.42. The van der Waals surface area contributed by atoms with Crippen LogP contribution in [0.25, 0.3) is 16.7 Å². The highest BCUT2D eigenvalue weighted by Crippen LogP contribution is 2.50. The number of benzene rings is 2. The zero-order valence-corrected chi connectivity index (χ0v) is 16.3. The maximum Gasteiger partial charge on any atom is 0.329 e. The lowest BCUT2D eigenvalue weighted by molar-refractivity contribution is -0.140. The molecular formula is C22H19ClFNO3. The molecule has 1 unspecified atom stereocenters. The van der Waals surface area contributed by atoms with Crippen LogP contribution in [-0.4, -0.2) is 22.8 Å². The topological polar surface area (TPSA) is 51.5 Å². The zero-order chi connectivity index (χ0) is 20.1. The number of carboxylic acids is 1. The van der Waals surface area contributed by atoms with Crippen molar-refractivity contribution in [3.05, 3.63) is 76.7 Å². The summed E-state index contributed by atoms with van der Waals surface area (Å²) in [5.41, 5.74) is 3.72. The minimum absolute atomic E-state index is 0.157. The Morgan fingerprint density at radius 2 is 1.93 bits per heavy atom. The van der Waals surface area contributed by atoms with Crippen LogP contribution in [0.3, 0.4) is 0 Å². The molecule has 0 amide bonds. The lowest BCUT2D eigenvalue weighted by Crippen LogP contribution is -2.34. The van der Waals surface area contributed by atoms with Crippen LogP contribution in [-0.2, 0) is 21.0 Å². The van der Waals surface area contributed by atoms with Crippen molar-refractivity contribution >= 4 is 34.2 Å². The average Bonchev–Trinajstić information content (AvgIpc) is 2.99. The molecule has 28 heavy (non-hydrogen) atoms. The van der Waals surface area contributed by atoms with E-state index in [1.807, 2.05) is 35.8 Å². The molecule has 0 bridgehead atoms. The second kappa shape index (κ2) is 6.67. The third kappa shape index (κ3) is 2.69. The van der Waals surface area contributed by atoms with Gasteiger partial charge in [-0.25, -0.2) is 9.18 Å². The summed E-state index contributed by atoms with van der Waals surface area (Å²) < 4.78 is 21.0. The molecule has 0 fully saturated rings. The molecule has 0 spiro atoms. The van der Waals surface area contributed by atoms with Crippen LogP contribution >= 0.6 is 11.6 Å². The summed E-state index contributed by atoms with van der Waals surface area (Å²) in [5, 5.41) is 10.7. The summed E-state index contributed by atoms with van der Waals surface area (Å²) in [6.45, 7) is 2.27. The zero-order valence-electron chi connectivity index (χ0n) is 15.5. The molecular weight excluding hydrogens is 381 g/mol. The number of carboxylic acid groups (broad SMARTS) is 1. The number of carbonyl (C=O) groups is 1. The first kappa shape index (κ1) is 18.6. The Bertz CT molecular complexity index is 1120. The Hall–Kier alpha value is -2.79. The third-order valence-corrected chi connectivity index (χ3v) is 5.76. The molecule has 144 valence electrons. The van der Waals surface area contributed by atoms with Crippen molar-refractivity contribution in [1.82, 2.24) is 4.57 Å². The van der Waals surface area contributed by atoms with E-state index in [0.717, 1.165) is 22.0 Å². The fraction of sp³-hybridized carbons (Fsp3) is 0.227. The predicted molar refractivity (Wildman–Crippen MR) is 107 cm³/mol. The maximum atomic E-state index is 13.3. The number of hydrogen-bond acceptors (Lipinski definition) is 2. The van der Waals surface area contributed by atoms with Gasteiger partial charge >= 0.3 is 5.97 Å². The first-order valence-corrected chi connectivity index (χ1v) is 9.27.